The molecule has 1 aromatic heterocycles. The Balaban J connectivity index is 0.00000109. The smallest absolute Gasteiger partial charge is 0.140 e. The molecule has 146 valence electrons. The summed E-state index contributed by atoms with van der Waals surface area (Å²) in [4.78, 5) is 10.8. The summed E-state index contributed by atoms with van der Waals surface area (Å²) in [5, 5.41) is 10.5. The molecule has 0 bridgehead atoms. The first-order valence-corrected chi connectivity index (χ1v) is 9.62. The van der Waals surface area contributed by atoms with Crippen LogP contribution in [-0.4, -0.2) is 27.1 Å². The maximum Gasteiger partial charge on any atom is 0.140 e. The van der Waals surface area contributed by atoms with Crippen LogP contribution in [0.25, 0.3) is 11.3 Å². The molecule has 1 N–H and O–H groups in total. The van der Waals surface area contributed by atoms with Gasteiger partial charge in [0.25, 0.3) is 0 Å². The zero-order valence-electron chi connectivity index (χ0n) is 16.9. The third-order valence-electron chi connectivity index (χ3n) is 4.79. The Hall–Kier alpha value is -2.76. The molecule has 0 saturated heterocycles. The lowest BCUT2D eigenvalue weighted by atomic mass is 10.0. The number of ether oxygens (including phenoxy) is 1. The van der Waals surface area contributed by atoms with Crippen molar-refractivity contribution in [2.24, 2.45) is 0 Å². The second kappa shape index (κ2) is 8.95. The van der Waals surface area contributed by atoms with Crippen molar-refractivity contribution in [3.05, 3.63) is 77.2 Å². The lowest BCUT2D eigenvalue weighted by Gasteiger charge is -2.27. The number of aromatic hydroxyl groups is 1. The molecule has 0 aliphatic carbocycles. The molecule has 1 atom stereocenters. The second-order valence-corrected chi connectivity index (χ2v) is 6.52. The molecule has 2 heterocycles. The topological polar surface area (TPSA) is 58.5 Å². The summed E-state index contributed by atoms with van der Waals surface area (Å²) in [5.74, 6) is 0.942. The van der Waals surface area contributed by atoms with Crippen LogP contribution in [0.1, 0.15) is 42.6 Å². The van der Waals surface area contributed by atoms with Crippen LogP contribution in [0.15, 0.2) is 54.7 Å². The third kappa shape index (κ3) is 4.06. The molecule has 1 aliphatic rings. The number of hydrogen-bond donors (Lipinski definition) is 1. The van der Waals surface area contributed by atoms with E-state index in [2.05, 4.69) is 39.1 Å². The molecule has 0 radical (unpaired) electrons. The highest BCUT2D eigenvalue weighted by Crippen LogP contribution is 2.37. The minimum absolute atomic E-state index is 0.224. The van der Waals surface area contributed by atoms with Gasteiger partial charge >= 0.3 is 0 Å². The predicted octanol–water partition coefficient (Wildman–Crippen LogP) is 4.84. The SMILES string of the molecule is CC.COC(c1cc(-c2ccnc(C)n2)ccc1O)N1Cc2ccccc2C1. The van der Waals surface area contributed by atoms with E-state index in [1.165, 1.54) is 11.1 Å². The van der Waals surface area contributed by atoms with Crippen LogP contribution in [0.5, 0.6) is 5.75 Å². The van der Waals surface area contributed by atoms with E-state index in [0.29, 0.717) is 0 Å². The Morgan fingerprint density at radius 3 is 2.32 bits per heavy atom. The Bertz CT molecular complexity index is 918. The van der Waals surface area contributed by atoms with Crippen molar-refractivity contribution in [1.82, 2.24) is 14.9 Å². The minimum Gasteiger partial charge on any atom is -0.508 e. The zero-order chi connectivity index (χ0) is 20.1. The molecule has 4 rings (SSSR count). The van der Waals surface area contributed by atoms with Crippen molar-refractivity contribution >= 4 is 0 Å². The third-order valence-corrected chi connectivity index (χ3v) is 4.79. The first-order chi connectivity index (χ1) is 13.7. The molecule has 5 heteroatoms. The van der Waals surface area contributed by atoms with Crippen LogP contribution in [0.3, 0.4) is 0 Å². The van der Waals surface area contributed by atoms with Gasteiger partial charge in [-0.25, -0.2) is 9.97 Å². The van der Waals surface area contributed by atoms with Crippen molar-refractivity contribution in [2.45, 2.75) is 40.1 Å². The second-order valence-electron chi connectivity index (χ2n) is 6.52. The van der Waals surface area contributed by atoms with Crippen molar-refractivity contribution in [2.75, 3.05) is 7.11 Å². The Morgan fingerprint density at radius 2 is 1.71 bits per heavy atom. The highest BCUT2D eigenvalue weighted by Gasteiger charge is 2.28. The summed E-state index contributed by atoms with van der Waals surface area (Å²) in [7, 11) is 1.68. The van der Waals surface area contributed by atoms with Gasteiger partial charge in [-0.2, -0.15) is 0 Å². The molecule has 0 saturated carbocycles. The fourth-order valence-electron chi connectivity index (χ4n) is 3.53. The highest BCUT2D eigenvalue weighted by molar-refractivity contribution is 5.62. The summed E-state index contributed by atoms with van der Waals surface area (Å²) < 4.78 is 5.78. The van der Waals surface area contributed by atoms with E-state index in [4.69, 9.17) is 4.74 Å². The van der Waals surface area contributed by atoms with Crippen molar-refractivity contribution in [3.63, 3.8) is 0 Å². The maximum absolute atomic E-state index is 10.5. The molecule has 1 unspecified atom stereocenters. The van der Waals surface area contributed by atoms with Gasteiger partial charge in [-0.1, -0.05) is 38.1 Å². The van der Waals surface area contributed by atoms with Crippen molar-refractivity contribution in [1.29, 1.82) is 0 Å². The Morgan fingerprint density at radius 1 is 1.04 bits per heavy atom. The van der Waals surface area contributed by atoms with E-state index in [1.54, 1.807) is 19.4 Å². The van der Waals surface area contributed by atoms with Crippen LogP contribution in [-0.2, 0) is 17.8 Å². The van der Waals surface area contributed by atoms with Gasteiger partial charge in [0, 0.05) is 37.5 Å². The van der Waals surface area contributed by atoms with Gasteiger partial charge in [-0.3, -0.25) is 4.90 Å². The number of phenols is 1. The fraction of sp³-hybridized carbons (Fsp3) is 0.304. The lowest BCUT2D eigenvalue weighted by Crippen LogP contribution is -2.25. The molecule has 3 aromatic rings. The van der Waals surface area contributed by atoms with Crippen LogP contribution in [0, 0.1) is 6.92 Å². The number of hydrogen-bond acceptors (Lipinski definition) is 5. The standard InChI is InChI=1S/C21H21N3O2.C2H6/c1-14-22-10-9-19(23-14)15-7-8-20(25)18(11-15)21(26-2)24-12-16-5-3-4-6-17(16)13-24;1-2/h3-11,21,25H,12-13H2,1-2H3;1-2H3. The molecular weight excluding hydrogens is 350 g/mol. The normalized spacial score (nSPS) is 14.1. The summed E-state index contributed by atoms with van der Waals surface area (Å²) in [6.45, 7) is 7.46. The van der Waals surface area contributed by atoms with E-state index in [9.17, 15) is 5.11 Å². The molecule has 0 spiro atoms. The molecule has 5 nitrogen and oxygen atoms in total. The number of aromatic nitrogens is 2. The fourth-order valence-corrected chi connectivity index (χ4v) is 3.53. The van der Waals surface area contributed by atoms with E-state index in [1.807, 2.05) is 39.0 Å². The predicted molar refractivity (Wildman–Crippen MR) is 111 cm³/mol. The molecule has 28 heavy (non-hydrogen) atoms. The van der Waals surface area contributed by atoms with Gasteiger partial charge in [0.05, 0.1) is 5.69 Å². The van der Waals surface area contributed by atoms with Crippen molar-refractivity contribution in [3.8, 4) is 17.0 Å². The zero-order valence-corrected chi connectivity index (χ0v) is 16.9. The summed E-state index contributed by atoms with van der Waals surface area (Å²) in [6.07, 6.45) is 1.42. The Kier molecular flexibility index (Phi) is 6.39. The van der Waals surface area contributed by atoms with Gasteiger partial charge < -0.3 is 9.84 Å². The lowest BCUT2D eigenvalue weighted by molar-refractivity contribution is -0.0396. The summed E-state index contributed by atoms with van der Waals surface area (Å²) >= 11 is 0. The van der Waals surface area contributed by atoms with Gasteiger partial charge in [-0.15, -0.1) is 0 Å². The summed E-state index contributed by atoms with van der Waals surface area (Å²) in [6, 6.07) is 15.8. The maximum atomic E-state index is 10.5. The van der Waals surface area contributed by atoms with Crippen LogP contribution >= 0.6 is 0 Å². The summed E-state index contributed by atoms with van der Waals surface area (Å²) in [5.41, 5.74) is 5.11. The first kappa shape index (κ1) is 20.0. The van der Waals surface area contributed by atoms with E-state index in [0.717, 1.165) is 35.7 Å². The molecular formula is C23H27N3O2. The number of fused-ring (bicyclic) bond motifs is 1. The number of benzene rings is 2. The van der Waals surface area contributed by atoms with Crippen LogP contribution in [0.4, 0.5) is 0 Å². The average molecular weight is 377 g/mol. The quantitative estimate of drug-likeness (QED) is 0.705. The average Bonchev–Trinajstić information content (AvgIpc) is 3.15. The van der Waals surface area contributed by atoms with Gasteiger partial charge in [-0.05, 0) is 42.3 Å². The number of phenolic OH excluding ortho intramolecular Hbond substituents is 1. The molecule has 0 fully saturated rings. The van der Waals surface area contributed by atoms with Crippen LogP contribution < -0.4 is 0 Å². The van der Waals surface area contributed by atoms with Crippen molar-refractivity contribution < 1.29 is 9.84 Å². The largest absolute Gasteiger partial charge is 0.508 e. The number of rotatable bonds is 4. The van der Waals surface area contributed by atoms with E-state index in [-0.39, 0.29) is 12.0 Å². The minimum atomic E-state index is -0.328. The molecule has 2 aromatic carbocycles. The number of methoxy groups -OCH3 is 1. The van der Waals surface area contributed by atoms with Gasteiger partial charge in [0.2, 0.25) is 0 Å². The van der Waals surface area contributed by atoms with Gasteiger partial charge in [0.1, 0.15) is 17.8 Å². The molecule has 1 aliphatic heterocycles. The monoisotopic (exact) mass is 377 g/mol. The van der Waals surface area contributed by atoms with E-state index < -0.39 is 0 Å². The van der Waals surface area contributed by atoms with E-state index >= 15 is 0 Å². The van der Waals surface area contributed by atoms with Gasteiger partial charge in [0.15, 0.2) is 0 Å². The first-order valence-electron chi connectivity index (χ1n) is 9.62. The van der Waals surface area contributed by atoms with Crippen LogP contribution in [0.2, 0.25) is 0 Å². The number of aryl methyl sites for hydroxylation is 1. The highest BCUT2D eigenvalue weighted by atomic mass is 16.5. The molecule has 0 amide bonds. The Labute approximate surface area is 166 Å². The number of nitrogens with zero attached hydrogens (tertiary/aromatic N) is 3.